The number of carbonyl (C=O) groups excluding carboxylic acids is 1. The van der Waals surface area contributed by atoms with Gasteiger partial charge in [0.15, 0.2) is 0 Å². The Balaban J connectivity index is 2.77. The molecule has 19 heavy (non-hydrogen) atoms. The van der Waals surface area contributed by atoms with Crippen molar-refractivity contribution in [2.45, 2.75) is 25.1 Å². The van der Waals surface area contributed by atoms with Gasteiger partial charge in [0.2, 0.25) is 5.54 Å². The number of carboxylic acid groups (broad SMARTS) is 1. The van der Waals surface area contributed by atoms with Crippen molar-refractivity contribution in [3.8, 4) is 0 Å². The Morgan fingerprint density at radius 1 is 1.47 bits per heavy atom. The molecule has 0 aliphatic carbocycles. The fourth-order valence-corrected chi connectivity index (χ4v) is 1.75. The lowest BCUT2D eigenvalue weighted by atomic mass is 10.0. The number of hydrogen-bond acceptors (Lipinski definition) is 3. The van der Waals surface area contributed by atoms with Crippen molar-refractivity contribution < 1.29 is 27.9 Å². The van der Waals surface area contributed by atoms with Gasteiger partial charge >= 0.3 is 18.2 Å². The molecule has 110 valence electrons. The summed E-state index contributed by atoms with van der Waals surface area (Å²) in [4.78, 5) is 23.6. The topological polar surface area (TPSA) is 95.7 Å². The lowest BCUT2D eigenvalue weighted by molar-refractivity contribution is -0.203. The number of halogens is 3. The van der Waals surface area contributed by atoms with E-state index in [2.05, 4.69) is 0 Å². The Labute approximate surface area is 107 Å². The van der Waals surface area contributed by atoms with Crippen LogP contribution in [0.4, 0.5) is 18.0 Å². The van der Waals surface area contributed by atoms with Crippen LogP contribution in [0, 0.1) is 5.92 Å². The molecule has 1 fully saturated rings. The van der Waals surface area contributed by atoms with E-state index in [4.69, 9.17) is 10.8 Å². The number of carbonyl (C=O) groups is 2. The van der Waals surface area contributed by atoms with Crippen LogP contribution in [0.2, 0.25) is 0 Å². The molecule has 1 rings (SSSR count). The highest BCUT2D eigenvalue weighted by Crippen LogP contribution is 2.31. The maximum Gasteiger partial charge on any atom is 0.422 e. The Kier molecular flexibility index (Phi) is 4.28. The number of aliphatic carboxylic acids is 1. The van der Waals surface area contributed by atoms with Crippen molar-refractivity contribution in [2.75, 3.05) is 19.6 Å². The Morgan fingerprint density at radius 2 is 2.05 bits per heavy atom. The van der Waals surface area contributed by atoms with Crippen LogP contribution in [0.5, 0.6) is 0 Å². The number of nitrogens with zero attached hydrogens (tertiary/aromatic N) is 1. The molecule has 6 nitrogen and oxygen atoms in total. The average molecular weight is 283 g/mol. The maximum absolute atomic E-state index is 12.7. The molecule has 0 saturated carbocycles. The number of carboxylic acids is 1. The lowest BCUT2D eigenvalue weighted by Crippen LogP contribution is -2.63. The minimum absolute atomic E-state index is 0.0349. The monoisotopic (exact) mass is 283 g/mol. The molecule has 0 bridgehead atoms. The zero-order valence-corrected chi connectivity index (χ0v) is 10.3. The van der Waals surface area contributed by atoms with Crippen molar-refractivity contribution >= 4 is 12.0 Å². The van der Waals surface area contributed by atoms with Gasteiger partial charge in [-0.05, 0) is 25.8 Å². The Morgan fingerprint density at radius 3 is 2.42 bits per heavy atom. The molecule has 1 aliphatic rings. The summed E-state index contributed by atoms with van der Waals surface area (Å²) in [7, 11) is 0. The number of nitrogens with one attached hydrogen (secondary N) is 1. The minimum Gasteiger partial charge on any atom is -0.479 e. The summed E-state index contributed by atoms with van der Waals surface area (Å²) in [5.41, 5.74) is 2.11. The first-order valence-corrected chi connectivity index (χ1v) is 5.69. The maximum atomic E-state index is 12.7. The van der Waals surface area contributed by atoms with Crippen LogP contribution in [0.15, 0.2) is 0 Å². The van der Waals surface area contributed by atoms with Crippen LogP contribution in [-0.4, -0.2) is 53.4 Å². The Bertz CT molecular complexity index is 375. The average Bonchev–Trinajstić information content (AvgIpc) is 2.75. The highest BCUT2D eigenvalue weighted by Gasteiger charge is 2.59. The molecule has 0 aromatic rings. The van der Waals surface area contributed by atoms with E-state index >= 15 is 0 Å². The van der Waals surface area contributed by atoms with Gasteiger partial charge in [0.25, 0.3) is 0 Å². The standard InChI is InChI=1S/C10H16F3N3O3/c1-9(7(17)18,10(11,12)13)15-8(19)16-3-2-6(4-14)5-16/h6H,2-5,14H2,1H3,(H,15,19)(H,17,18). The molecule has 2 atom stereocenters. The predicted octanol–water partition coefficient (Wildman–Crippen LogP) is 0.382. The van der Waals surface area contributed by atoms with E-state index in [9.17, 15) is 22.8 Å². The largest absolute Gasteiger partial charge is 0.479 e. The van der Waals surface area contributed by atoms with Crippen LogP contribution < -0.4 is 11.1 Å². The van der Waals surface area contributed by atoms with Gasteiger partial charge in [-0.3, -0.25) is 0 Å². The fourth-order valence-electron chi connectivity index (χ4n) is 1.75. The molecule has 0 spiro atoms. The summed E-state index contributed by atoms with van der Waals surface area (Å²) in [6.45, 7) is 1.25. The second-order valence-corrected chi connectivity index (χ2v) is 4.69. The van der Waals surface area contributed by atoms with Crippen LogP contribution in [0.25, 0.3) is 0 Å². The molecular weight excluding hydrogens is 267 g/mol. The predicted molar refractivity (Wildman–Crippen MR) is 59.4 cm³/mol. The zero-order valence-electron chi connectivity index (χ0n) is 10.3. The highest BCUT2D eigenvalue weighted by atomic mass is 19.4. The van der Waals surface area contributed by atoms with Gasteiger partial charge in [0, 0.05) is 13.1 Å². The van der Waals surface area contributed by atoms with E-state index in [1.54, 1.807) is 5.32 Å². The molecule has 0 aromatic carbocycles. The van der Waals surface area contributed by atoms with Crippen molar-refractivity contribution in [3.63, 3.8) is 0 Å². The molecule has 4 N–H and O–H groups in total. The van der Waals surface area contributed by atoms with Gasteiger partial charge in [0.1, 0.15) is 0 Å². The van der Waals surface area contributed by atoms with Gasteiger partial charge in [-0.1, -0.05) is 0 Å². The van der Waals surface area contributed by atoms with Crippen LogP contribution >= 0.6 is 0 Å². The van der Waals surface area contributed by atoms with Gasteiger partial charge in [-0.2, -0.15) is 13.2 Å². The quantitative estimate of drug-likeness (QED) is 0.698. The molecule has 1 saturated heterocycles. The number of urea groups is 1. The van der Waals surface area contributed by atoms with Gasteiger partial charge in [-0.15, -0.1) is 0 Å². The normalized spacial score (nSPS) is 23.0. The number of alkyl halides is 3. The summed E-state index contributed by atoms with van der Waals surface area (Å²) in [6.07, 6.45) is -4.48. The number of hydrogen-bond donors (Lipinski definition) is 3. The van der Waals surface area contributed by atoms with E-state index in [0.717, 1.165) is 4.90 Å². The minimum atomic E-state index is -5.08. The van der Waals surface area contributed by atoms with Gasteiger partial charge in [-0.25, -0.2) is 9.59 Å². The van der Waals surface area contributed by atoms with Gasteiger partial charge in [0.05, 0.1) is 0 Å². The summed E-state index contributed by atoms with van der Waals surface area (Å²) in [6, 6.07) is -1.04. The third-order valence-electron chi connectivity index (χ3n) is 3.26. The highest BCUT2D eigenvalue weighted by molar-refractivity contribution is 5.86. The van der Waals surface area contributed by atoms with Gasteiger partial charge < -0.3 is 21.1 Å². The fraction of sp³-hybridized carbons (Fsp3) is 0.800. The summed E-state index contributed by atoms with van der Waals surface area (Å²) >= 11 is 0. The first kappa shape index (κ1) is 15.5. The van der Waals surface area contributed by atoms with Crippen LogP contribution in [0.3, 0.4) is 0 Å². The first-order chi connectivity index (χ1) is 8.61. The molecule has 0 aromatic heterocycles. The third-order valence-corrected chi connectivity index (χ3v) is 3.26. The van der Waals surface area contributed by atoms with E-state index in [1.165, 1.54) is 0 Å². The molecule has 1 heterocycles. The second kappa shape index (κ2) is 5.24. The van der Waals surface area contributed by atoms with E-state index in [1.807, 2.05) is 0 Å². The zero-order chi connectivity index (χ0) is 14.8. The number of amides is 2. The smallest absolute Gasteiger partial charge is 0.422 e. The number of likely N-dealkylation sites (tertiary alicyclic amines) is 1. The molecule has 0 radical (unpaired) electrons. The lowest BCUT2D eigenvalue weighted by Gasteiger charge is -2.30. The number of rotatable bonds is 3. The Hall–Kier alpha value is -1.51. The summed E-state index contributed by atoms with van der Waals surface area (Å²) in [5.74, 6) is -2.12. The van der Waals surface area contributed by atoms with Crippen molar-refractivity contribution in [2.24, 2.45) is 11.7 Å². The van der Waals surface area contributed by atoms with Crippen molar-refractivity contribution in [1.29, 1.82) is 0 Å². The number of nitrogens with two attached hydrogens (primary N) is 1. The molecular formula is C10H16F3N3O3. The summed E-state index contributed by atoms with van der Waals surface area (Å²) < 4.78 is 38.1. The van der Waals surface area contributed by atoms with E-state index < -0.39 is 23.7 Å². The molecule has 9 heteroatoms. The van der Waals surface area contributed by atoms with Crippen molar-refractivity contribution in [3.05, 3.63) is 0 Å². The van der Waals surface area contributed by atoms with E-state index in [-0.39, 0.29) is 19.0 Å². The molecule has 2 amide bonds. The van der Waals surface area contributed by atoms with Crippen LogP contribution in [-0.2, 0) is 4.79 Å². The van der Waals surface area contributed by atoms with E-state index in [0.29, 0.717) is 19.9 Å². The third kappa shape index (κ3) is 3.09. The first-order valence-electron chi connectivity index (χ1n) is 5.69. The van der Waals surface area contributed by atoms with Crippen LogP contribution in [0.1, 0.15) is 13.3 Å². The van der Waals surface area contributed by atoms with Crippen molar-refractivity contribution in [1.82, 2.24) is 10.2 Å². The SMILES string of the molecule is CC(NC(=O)N1CCC(CN)C1)(C(=O)O)C(F)(F)F. The summed E-state index contributed by atoms with van der Waals surface area (Å²) in [5, 5.41) is 10.2. The molecule has 2 unspecified atom stereocenters. The second-order valence-electron chi connectivity index (χ2n) is 4.69. The molecule has 1 aliphatic heterocycles.